The number of hydrogen-bond donors (Lipinski definition) is 0. The number of aromatic nitrogens is 2. The standard InChI is InChI=1S/C24H20N4O4S2/c1-11-27-19-21(31)15(7-17(29)23(19)33-11)25-9-13-3-5-14(6-4-13)10-26-16-8-18(30)24-20(22(16)32)28-12(2)34-24/h7-10,13-14H,3-6H2,1-2H3. The van der Waals surface area contributed by atoms with Crippen molar-refractivity contribution in [1.29, 1.82) is 0 Å². The molecular formula is C24H20N4O4S2. The van der Waals surface area contributed by atoms with Crippen molar-refractivity contribution in [3.8, 4) is 0 Å². The van der Waals surface area contributed by atoms with Gasteiger partial charge in [0.1, 0.15) is 32.5 Å². The summed E-state index contributed by atoms with van der Waals surface area (Å²) in [6, 6.07) is 0. The normalized spacial score (nSPS) is 22.9. The topological polar surface area (TPSA) is 119 Å². The monoisotopic (exact) mass is 492 g/mol. The Bertz CT molecular complexity index is 1260. The number of Topliss-reactive ketones (excluding diaryl/α,β-unsaturated/α-hetero) is 2. The van der Waals surface area contributed by atoms with E-state index in [2.05, 4.69) is 20.0 Å². The van der Waals surface area contributed by atoms with E-state index in [1.807, 2.05) is 0 Å². The van der Waals surface area contributed by atoms with Crippen LogP contribution in [0.3, 0.4) is 0 Å². The van der Waals surface area contributed by atoms with Crippen LogP contribution in [-0.2, 0) is 0 Å². The fraction of sp³-hybridized carbons (Fsp3) is 0.333. The fourth-order valence-electron chi connectivity index (χ4n) is 4.26. The van der Waals surface area contributed by atoms with E-state index in [1.54, 1.807) is 26.3 Å². The van der Waals surface area contributed by atoms with Crippen molar-refractivity contribution in [3.05, 3.63) is 54.7 Å². The molecule has 0 N–H and O–H groups in total. The van der Waals surface area contributed by atoms with E-state index in [1.165, 1.54) is 34.8 Å². The molecule has 2 aromatic heterocycles. The minimum Gasteiger partial charge on any atom is -0.288 e. The first kappa shape index (κ1) is 22.5. The predicted molar refractivity (Wildman–Crippen MR) is 130 cm³/mol. The van der Waals surface area contributed by atoms with E-state index < -0.39 is 0 Å². The van der Waals surface area contributed by atoms with Crippen molar-refractivity contribution in [2.45, 2.75) is 39.5 Å². The zero-order chi connectivity index (χ0) is 24.0. The first-order valence-corrected chi connectivity index (χ1v) is 12.6. The maximum atomic E-state index is 12.6. The average molecular weight is 493 g/mol. The Labute approximate surface area is 203 Å². The molecule has 3 aliphatic carbocycles. The second-order valence-corrected chi connectivity index (χ2v) is 10.9. The Hall–Kier alpha value is -3.24. The molecule has 172 valence electrons. The van der Waals surface area contributed by atoms with Crippen LogP contribution in [0.5, 0.6) is 0 Å². The number of ketones is 4. The van der Waals surface area contributed by atoms with E-state index in [-0.39, 0.29) is 57.8 Å². The van der Waals surface area contributed by atoms with Crippen LogP contribution in [0.15, 0.2) is 33.5 Å². The molecule has 0 aliphatic heterocycles. The Balaban J connectivity index is 1.19. The van der Waals surface area contributed by atoms with Gasteiger partial charge in [0, 0.05) is 24.6 Å². The molecule has 3 aliphatic rings. The molecule has 1 fully saturated rings. The van der Waals surface area contributed by atoms with E-state index in [4.69, 9.17) is 0 Å². The smallest absolute Gasteiger partial charge is 0.231 e. The summed E-state index contributed by atoms with van der Waals surface area (Å²) in [5.74, 6) is -0.701. The lowest BCUT2D eigenvalue weighted by Gasteiger charge is -2.23. The van der Waals surface area contributed by atoms with Crippen LogP contribution in [0.4, 0.5) is 0 Å². The number of carbonyl (C=O) groups excluding carboxylic acids is 4. The number of fused-ring (bicyclic) bond motifs is 2. The van der Waals surface area contributed by atoms with Crippen LogP contribution in [0.2, 0.25) is 0 Å². The molecule has 10 heteroatoms. The van der Waals surface area contributed by atoms with Gasteiger partial charge in [0.05, 0.1) is 10.0 Å². The predicted octanol–water partition coefficient (Wildman–Crippen LogP) is 4.39. The van der Waals surface area contributed by atoms with Crippen molar-refractivity contribution in [2.24, 2.45) is 21.8 Å². The van der Waals surface area contributed by atoms with Crippen LogP contribution < -0.4 is 0 Å². The number of aliphatic imine (C=N–C) groups is 2. The minimum atomic E-state index is -0.311. The molecule has 0 unspecified atom stereocenters. The maximum Gasteiger partial charge on any atom is 0.231 e. The maximum absolute atomic E-state index is 12.6. The van der Waals surface area contributed by atoms with Crippen molar-refractivity contribution in [2.75, 3.05) is 0 Å². The van der Waals surface area contributed by atoms with Crippen molar-refractivity contribution in [3.63, 3.8) is 0 Å². The molecule has 0 saturated heterocycles. The molecule has 8 nitrogen and oxygen atoms in total. The highest BCUT2D eigenvalue weighted by Crippen LogP contribution is 2.30. The van der Waals surface area contributed by atoms with Gasteiger partial charge in [-0.25, -0.2) is 9.97 Å². The molecule has 0 aromatic carbocycles. The van der Waals surface area contributed by atoms with Gasteiger partial charge in [-0.1, -0.05) is 0 Å². The molecule has 0 spiro atoms. The summed E-state index contributed by atoms with van der Waals surface area (Å²) in [4.78, 5) is 67.5. The highest BCUT2D eigenvalue weighted by molar-refractivity contribution is 7.14. The Morgan fingerprint density at radius 3 is 1.50 bits per heavy atom. The van der Waals surface area contributed by atoms with Gasteiger partial charge >= 0.3 is 0 Å². The highest BCUT2D eigenvalue weighted by atomic mass is 32.1. The molecule has 34 heavy (non-hydrogen) atoms. The molecule has 2 aromatic rings. The third-order valence-electron chi connectivity index (χ3n) is 6.01. The van der Waals surface area contributed by atoms with Crippen molar-refractivity contribution < 1.29 is 19.2 Å². The number of hydrogen-bond acceptors (Lipinski definition) is 10. The molecule has 5 rings (SSSR count). The van der Waals surface area contributed by atoms with Gasteiger partial charge in [-0.3, -0.25) is 29.2 Å². The Kier molecular flexibility index (Phi) is 5.86. The summed E-state index contributed by atoms with van der Waals surface area (Å²) in [5.41, 5.74) is 0.671. The summed E-state index contributed by atoms with van der Waals surface area (Å²) in [6.45, 7) is 3.54. The van der Waals surface area contributed by atoms with E-state index in [0.717, 1.165) is 25.7 Å². The molecular weight excluding hydrogens is 472 g/mol. The average Bonchev–Trinajstić information content (AvgIpc) is 3.41. The lowest BCUT2D eigenvalue weighted by Crippen LogP contribution is -2.19. The summed E-state index contributed by atoms with van der Waals surface area (Å²) in [5, 5.41) is 1.37. The first-order chi connectivity index (χ1) is 16.3. The SMILES string of the molecule is Cc1nc2c(s1)C(=O)C=C(N=CC1CCC(C=NC3=CC(=O)c4sc(C)nc4C3=O)CC1)C2=O. The number of aryl methyl sites for hydroxylation is 2. The van der Waals surface area contributed by atoms with Crippen LogP contribution >= 0.6 is 22.7 Å². The van der Waals surface area contributed by atoms with E-state index >= 15 is 0 Å². The van der Waals surface area contributed by atoms with Gasteiger partial charge in [0.15, 0.2) is 11.6 Å². The van der Waals surface area contributed by atoms with Crippen LogP contribution in [0, 0.1) is 25.7 Å². The van der Waals surface area contributed by atoms with Crippen molar-refractivity contribution >= 4 is 58.2 Å². The van der Waals surface area contributed by atoms with E-state index in [9.17, 15) is 19.2 Å². The highest BCUT2D eigenvalue weighted by Gasteiger charge is 2.31. The number of carbonyl (C=O) groups is 4. The third kappa shape index (κ3) is 4.19. The third-order valence-corrected chi connectivity index (χ3v) is 7.98. The summed E-state index contributed by atoms with van der Waals surface area (Å²) in [7, 11) is 0. The second-order valence-electron chi connectivity index (χ2n) is 8.50. The minimum absolute atomic E-state index is 0.135. The van der Waals surface area contributed by atoms with Gasteiger partial charge in [-0.2, -0.15) is 0 Å². The van der Waals surface area contributed by atoms with Crippen LogP contribution in [0.1, 0.15) is 76.0 Å². The molecule has 0 radical (unpaired) electrons. The van der Waals surface area contributed by atoms with Crippen molar-refractivity contribution in [1.82, 2.24) is 9.97 Å². The summed E-state index contributed by atoms with van der Waals surface area (Å²) in [6.07, 6.45) is 9.48. The number of allylic oxidation sites excluding steroid dienone is 4. The number of thiazole rings is 2. The molecule has 0 amide bonds. The number of rotatable bonds is 4. The van der Waals surface area contributed by atoms with Crippen LogP contribution in [0.25, 0.3) is 0 Å². The Morgan fingerprint density at radius 2 is 1.12 bits per heavy atom. The summed E-state index contributed by atoms with van der Waals surface area (Å²) < 4.78 is 0. The lowest BCUT2D eigenvalue weighted by molar-refractivity contribution is 0.0983. The number of nitrogens with zero attached hydrogens (tertiary/aromatic N) is 4. The molecule has 0 bridgehead atoms. The van der Waals surface area contributed by atoms with Gasteiger partial charge < -0.3 is 0 Å². The van der Waals surface area contributed by atoms with Gasteiger partial charge in [0.2, 0.25) is 11.6 Å². The molecule has 0 atom stereocenters. The summed E-state index contributed by atoms with van der Waals surface area (Å²) >= 11 is 2.45. The fourth-order valence-corrected chi connectivity index (χ4v) is 5.91. The lowest BCUT2D eigenvalue weighted by atomic mass is 9.83. The zero-order valence-corrected chi connectivity index (χ0v) is 20.2. The quantitative estimate of drug-likeness (QED) is 0.584. The molecule has 1 saturated carbocycles. The van der Waals surface area contributed by atoms with Crippen LogP contribution in [-0.4, -0.2) is 45.5 Å². The van der Waals surface area contributed by atoms with Gasteiger partial charge in [-0.05, 0) is 51.4 Å². The first-order valence-electron chi connectivity index (χ1n) is 10.9. The van der Waals surface area contributed by atoms with Gasteiger partial charge in [-0.15, -0.1) is 22.7 Å². The van der Waals surface area contributed by atoms with Gasteiger partial charge in [0.25, 0.3) is 0 Å². The molecule has 2 heterocycles. The second kappa shape index (κ2) is 8.84. The Morgan fingerprint density at radius 1 is 0.735 bits per heavy atom. The zero-order valence-electron chi connectivity index (χ0n) is 18.5. The largest absolute Gasteiger partial charge is 0.288 e. The van der Waals surface area contributed by atoms with E-state index in [0.29, 0.717) is 19.8 Å².